The minimum atomic E-state index is 0.00389. The van der Waals surface area contributed by atoms with Gasteiger partial charge in [0.2, 0.25) is 5.91 Å². The molecule has 3 fully saturated rings. The number of amides is 1. The Labute approximate surface area is 88.1 Å². The summed E-state index contributed by atoms with van der Waals surface area (Å²) in [5, 5.41) is 12.7. The number of phenols is 1. The van der Waals surface area contributed by atoms with Gasteiger partial charge in [-0.25, -0.2) is 0 Å². The molecule has 2 aliphatic heterocycles. The van der Waals surface area contributed by atoms with Crippen LogP contribution in [0.4, 0.5) is 0 Å². The van der Waals surface area contributed by atoms with E-state index in [-0.39, 0.29) is 17.2 Å². The van der Waals surface area contributed by atoms with Crippen molar-refractivity contribution in [3.8, 4) is 5.75 Å². The Kier molecular flexibility index (Phi) is 1.61. The topological polar surface area (TPSA) is 49.3 Å². The van der Waals surface area contributed by atoms with Crippen LogP contribution < -0.4 is 5.32 Å². The van der Waals surface area contributed by atoms with Crippen LogP contribution in [-0.2, 0) is 10.2 Å². The van der Waals surface area contributed by atoms with Crippen LogP contribution in [0.2, 0.25) is 0 Å². The molecule has 78 valence electrons. The average molecular weight is 203 g/mol. The predicted molar refractivity (Wildman–Crippen MR) is 55.5 cm³/mol. The van der Waals surface area contributed by atoms with Crippen LogP contribution in [0.15, 0.2) is 24.3 Å². The first-order valence-electron chi connectivity index (χ1n) is 5.27. The number of piperidine rings is 2. The molecule has 3 nitrogen and oxygen atoms in total. The second-order valence-electron chi connectivity index (χ2n) is 4.62. The molecule has 0 aromatic heterocycles. The van der Waals surface area contributed by atoms with E-state index in [1.54, 1.807) is 6.07 Å². The lowest BCUT2D eigenvalue weighted by molar-refractivity contribution is -0.135. The quantitative estimate of drug-likeness (QED) is 0.719. The number of hydrogen-bond donors (Lipinski definition) is 2. The monoisotopic (exact) mass is 203 g/mol. The van der Waals surface area contributed by atoms with Gasteiger partial charge in [-0.05, 0) is 18.9 Å². The summed E-state index contributed by atoms with van der Waals surface area (Å²) in [4.78, 5) is 11.3. The van der Waals surface area contributed by atoms with Crippen molar-refractivity contribution in [2.75, 3.05) is 6.54 Å². The van der Waals surface area contributed by atoms with E-state index in [0.29, 0.717) is 12.3 Å². The van der Waals surface area contributed by atoms with E-state index < -0.39 is 0 Å². The molecule has 3 heteroatoms. The lowest BCUT2D eigenvalue weighted by Crippen LogP contribution is -2.60. The van der Waals surface area contributed by atoms with Crippen molar-refractivity contribution in [2.45, 2.75) is 18.3 Å². The molecule has 1 aliphatic carbocycles. The first-order chi connectivity index (χ1) is 7.21. The predicted octanol–water partition coefficient (Wildman–Crippen LogP) is 1.17. The van der Waals surface area contributed by atoms with Crippen molar-refractivity contribution in [3.05, 3.63) is 29.8 Å². The van der Waals surface area contributed by atoms with Gasteiger partial charge in [0.05, 0.1) is 0 Å². The number of nitrogens with one attached hydrogen (secondary N) is 1. The van der Waals surface area contributed by atoms with Crippen LogP contribution in [0.5, 0.6) is 5.75 Å². The molecule has 0 atom stereocenters. The number of aromatic hydroxyl groups is 1. The molecule has 0 radical (unpaired) electrons. The highest BCUT2D eigenvalue weighted by Crippen LogP contribution is 2.52. The Morgan fingerprint density at radius 2 is 2.07 bits per heavy atom. The van der Waals surface area contributed by atoms with E-state index in [4.69, 9.17) is 0 Å². The maximum Gasteiger partial charge on any atom is 0.223 e. The molecule has 15 heavy (non-hydrogen) atoms. The van der Waals surface area contributed by atoms with Gasteiger partial charge in [0.25, 0.3) is 0 Å². The average Bonchev–Trinajstić information content (AvgIpc) is 2.18. The third-order valence-corrected chi connectivity index (χ3v) is 3.72. The SMILES string of the molecule is O=C1NCC2(c3ccccc3O)CC1C2. The number of phenolic OH excluding ortho intramolecular Hbond substituents is 1. The van der Waals surface area contributed by atoms with Crippen molar-refractivity contribution in [2.24, 2.45) is 5.92 Å². The number of para-hydroxylation sites is 1. The molecule has 1 aromatic rings. The first kappa shape index (κ1) is 8.77. The lowest BCUT2D eigenvalue weighted by atomic mass is 9.56. The Hall–Kier alpha value is -1.51. The summed E-state index contributed by atoms with van der Waals surface area (Å²) in [7, 11) is 0. The highest BCUT2D eigenvalue weighted by Gasteiger charge is 2.53. The molecule has 1 amide bonds. The van der Waals surface area contributed by atoms with Gasteiger partial charge >= 0.3 is 0 Å². The molecule has 1 aromatic carbocycles. The first-order valence-corrected chi connectivity index (χ1v) is 5.27. The van der Waals surface area contributed by atoms with Crippen LogP contribution in [0.3, 0.4) is 0 Å². The number of rotatable bonds is 1. The number of fused-ring (bicyclic) bond motifs is 2. The summed E-state index contributed by atoms with van der Waals surface area (Å²) >= 11 is 0. The maximum absolute atomic E-state index is 11.3. The number of carbonyl (C=O) groups excluding carboxylic acids is 1. The molecular weight excluding hydrogens is 190 g/mol. The van der Waals surface area contributed by atoms with Crippen molar-refractivity contribution in [3.63, 3.8) is 0 Å². The smallest absolute Gasteiger partial charge is 0.223 e. The van der Waals surface area contributed by atoms with Gasteiger partial charge in [0.1, 0.15) is 5.75 Å². The van der Waals surface area contributed by atoms with Crippen LogP contribution in [0.1, 0.15) is 18.4 Å². The van der Waals surface area contributed by atoms with E-state index in [1.165, 1.54) is 0 Å². The van der Waals surface area contributed by atoms with E-state index in [9.17, 15) is 9.90 Å². The molecule has 2 saturated heterocycles. The van der Waals surface area contributed by atoms with E-state index >= 15 is 0 Å². The standard InChI is InChI=1S/C12H13NO2/c14-10-4-2-1-3-9(10)12-5-8(6-12)11(15)13-7-12/h1-4,8,14H,5-7H2,(H,13,15). The Balaban J connectivity index is 1.97. The molecular formula is C12H13NO2. The second-order valence-corrected chi connectivity index (χ2v) is 4.62. The number of benzene rings is 1. The van der Waals surface area contributed by atoms with E-state index in [1.807, 2.05) is 18.2 Å². The summed E-state index contributed by atoms with van der Waals surface area (Å²) in [6.07, 6.45) is 1.77. The third kappa shape index (κ3) is 1.09. The molecule has 4 rings (SSSR count). The molecule has 3 aliphatic rings. The van der Waals surface area contributed by atoms with Gasteiger partial charge in [-0.3, -0.25) is 4.79 Å². The Morgan fingerprint density at radius 1 is 1.33 bits per heavy atom. The van der Waals surface area contributed by atoms with Crippen LogP contribution in [-0.4, -0.2) is 17.6 Å². The highest BCUT2D eigenvalue weighted by molar-refractivity contribution is 5.82. The second kappa shape index (κ2) is 2.75. The van der Waals surface area contributed by atoms with Gasteiger partial charge in [-0.1, -0.05) is 18.2 Å². The number of hydrogen-bond acceptors (Lipinski definition) is 2. The lowest BCUT2D eigenvalue weighted by Gasteiger charge is -2.52. The molecule has 0 unspecified atom stereocenters. The Morgan fingerprint density at radius 3 is 2.67 bits per heavy atom. The van der Waals surface area contributed by atoms with Gasteiger partial charge < -0.3 is 10.4 Å². The van der Waals surface area contributed by atoms with E-state index in [2.05, 4.69) is 5.32 Å². The zero-order chi connectivity index (χ0) is 10.5. The van der Waals surface area contributed by atoms with Crippen molar-refractivity contribution < 1.29 is 9.90 Å². The fourth-order valence-electron chi connectivity index (χ4n) is 2.85. The largest absolute Gasteiger partial charge is 0.508 e. The number of carbonyl (C=O) groups is 1. The fourth-order valence-corrected chi connectivity index (χ4v) is 2.85. The van der Waals surface area contributed by atoms with Crippen molar-refractivity contribution >= 4 is 5.91 Å². The summed E-state index contributed by atoms with van der Waals surface area (Å²) in [5.74, 6) is 0.692. The van der Waals surface area contributed by atoms with Crippen molar-refractivity contribution in [1.29, 1.82) is 0 Å². The summed E-state index contributed by atoms with van der Waals surface area (Å²) in [6.45, 7) is 0.667. The van der Waals surface area contributed by atoms with Gasteiger partial charge in [-0.15, -0.1) is 0 Å². The normalized spacial score (nSPS) is 33.1. The van der Waals surface area contributed by atoms with Gasteiger partial charge in [-0.2, -0.15) is 0 Å². The van der Waals surface area contributed by atoms with Crippen LogP contribution in [0.25, 0.3) is 0 Å². The molecule has 0 spiro atoms. The summed E-state index contributed by atoms with van der Waals surface area (Å²) in [5.41, 5.74) is 0.991. The van der Waals surface area contributed by atoms with Gasteiger partial charge in [0.15, 0.2) is 0 Å². The molecule has 2 bridgehead atoms. The minimum Gasteiger partial charge on any atom is -0.508 e. The zero-order valence-electron chi connectivity index (χ0n) is 8.36. The highest BCUT2D eigenvalue weighted by atomic mass is 16.3. The zero-order valence-corrected chi connectivity index (χ0v) is 8.36. The fraction of sp³-hybridized carbons (Fsp3) is 0.417. The molecule has 2 N–H and O–H groups in total. The third-order valence-electron chi connectivity index (χ3n) is 3.72. The van der Waals surface area contributed by atoms with E-state index in [0.717, 1.165) is 18.4 Å². The summed E-state index contributed by atoms with van der Waals surface area (Å²) in [6, 6.07) is 7.44. The van der Waals surface area contributed by atoms with Crippen molar-refractivity contribution in [1.82, 2.24) is 5.32 Å². The molecule has 2 heterocycles. The minimum absolute atomic E-state index is 0.00389. The Bertz CT molecular complexity index is 416. The molecule has 1 saturated carbocycles. The maximum atomic E-state index is 11.3. The van der Waals surface area contributed by atoms with Gasteiger partial charge in [0, 0.05) is 23.4 Å². The van der Waals surface area contributed by atoms with Crippen LogP contribution >= 0.6 is 0 Å². The van der Waals surface area contributed by atoms with Crippen LogP contribution in [0, 0.1) is 5.92 Å². The summed E-state index contributed by atoms with van der Waals surface area (Å²) < 4.78 is 0.